The van der Waals surface area contributed by atoms with Crippen LogP contribution in [0.25, 0.3) is 0 Å². The van der Waals surface area contributed by atoms with Crippen molar-refractivity contribution in [1.82, 2.24) is 4.90 Å². The quantitative estimate of drug-likeness (QED) is 0.827. The minimum Gasteiger partial charge on any atom is -0.350 e. The molecule has 1 heterocycles. The fourth-order valence-electron chi connectivity index (χ4n) is 2.37. The zero-order valence-corrected chi connectivity index (χ0v) is 12.4. The lowest BCUT2D eigenvalue weighted by Crippen LogP contribution is -2.28. The smallest absolute Gasteiger partial charge is 0.131 e. The third-order valence-electron chi connectivity index (χ3n) is 3.37. The van der Waals surface area contributed by atoms with E-state index in [1.807, 2.05) is 36.4 Å². The number of benzene rings is 2. The Morgan fingerprint density at radius 2 is 1.65 bits per heavy atom. The molecule has 0 spiro atoms. The Hall–Kier alpha value is -1.51. The van der Waals surface area contributed by atoms with Gasteiger partial charge in [-0.15, -0.1) is 0 Å². The van der Waals surface area contributed by atoms with Crippen molar-refractivity contribution in [3.63, 3.8) is 0 Å². The van der Waals surface area contributed by atoms with Crippen molar-refractivity contribution in [1.29, 1.82) is 0 Å². The minimum atomic E-state index is 0.687. The first-order chi connectivity index (χ1) is 9.75. The van der Waals surface area contributed by atoms with E-state index in [9.17, 15) is 0 Å². The summed E-state index contributed by atoms with van der Waals surface area (Å²) in [6.45, 7) is 2.39. The molecule has 1 aliphatic heterocycles. The Kier molecular flexibility index (Phi) is 3.95. The molecule has 0 saturated heterocycles. The zero-order chi connectivity index (χ0) is 13.9. The van der Waals surface area contributed by atoms with Crippen molar-refractivity contribution >= 4 is 29.0 Å². The highest BCUT2D eigenvalue weighted by Crippen LogP contribution is 2.27. The van der Waals surface area contributed by atoms with E-state index in [0.717, 1.165) is 30.1 Å². The molecule has 0 amide bonds. The molecule has 0 saturated carbocycles. The predicted molar refractivity (Wildman–Crippen MR) is 84.7 cm³/mol. The van der Waals surface area contributed by atoms with Crippen molar-refractivity contribution in [3.05, 3.63) is 69.7 Å². The van der Waals surface area contributed by atoms with Gasteiger partial charge in [0.1, 0.15) is 5.84 Å². The first-order valence-electron chi connectivity index (χ1n) is 6.53. The van der Waals surface area contributed by atoms with Gasteiger partial charge >= 0.3 is 0 Å². The Morgan fingerprint density at radius 1 is 0.950 bits per heavy atom. The first-order valence-corrected chi connectivity index (χ1v) is 7.29. The SMILES string of the molecule is Clc1cccc(Cl)c1CN1CCN=C1c1ccccc1. The lowest BCUT2D eigenvalue weighted by molar-refractivity contribution is 0.453. The molecule has 0 N–H and O–H groups in total. The number of hydrogen-bond donors (Lipinski definition) is 0. The standard InChI is InChI=1S/C16H14Cl2N2/c17-14-7-4-8-15(18)13(14)11-20-10-9-19-16(20)12-5-2-1-3-6-12/h1-8H,9-11H2. The zero-order valence-electron chi connectivity index (χ0n) is 10.9. The van der Waals surface area contributed by atoms with Gasteiger partial charge < -0.3 is 4.90 Å². The second kappa shape index (κ2) is 5.86. The van der Waals surface area contributed by atoms with Gasteiger partial charge in [0.05, 0.1) is 6.54 Å². The van der Waals surface area contributed by atoms with Crippen LogP contribution in [0.15, 0.2) is 53.5 Å². The molecule has 0 bridgehead atoms. The number of hydrogen-bond acceptors (Lipinski definition) is 2. The molecule has 4 heteroatoms. The molecule has 20 heavy (non-hydrogen) atoms. The van der Waals surface area contributed by atoms with Gasteiger partial charge in [-0.05, 0) is 12.1 Å². The second-order valence-electron chi connectivity index (χ2n) is 4.69. The summed E-state index contributed by atoms with van der Waals surface area (Å²) >= 11 is 12.5. The molecule has 0 aromatic heterocycles. The Labute approximate surface area is 128 Å². The number of halogens is 2. The fraction of sp³-hybridized carbons (Fsp3) is 0.188. The van der Waals surface area contributed by atoms with Crippen LogP contribution in [0.1, 0.15) is 11.1 Å². The van der Waals surface area contributed by atoms with Crippen LogP contribution in [0.3, 0.4) is 0 Å². The van der Waals surface area contributed by atoms with Gasteiger partial charge in [0.2, 0.25) is 0 Å². The summed E-state index contributed by atoms with van der Waals surface area (Å²) in [4.78, 5) is 6.82. The molecular weight excluding hydrogens is 291 g/mol. The maximum Gasteiger partial charge on any atom is 0.131 e. The van der Waals surface area contributed by atoms with Crippen molar-refractivity contribution in [2.45, 2.75) is 6.54 Å². The summed E-state index contributed by atoms with van der Waals surface area (Å²) in [5, 5.41) is 1.41. The van der Waals surface area contributed by atoms with E-state index >= 15 is 0 Å². The highest BCUT2D eigenvalue weighted by Gasteiger charge is 2.20. The molecule has 0 unspecified atom stereocenters. The molecule has 0 fully saturated rings. The molecule has 2 nitrogen and oxygen atoms in total. The number of aliphatic imine (C=N–C) groups is 1. The molecule has 102 valence electrons. The lowest BCUT2D eigenvalue weighted by Gasteiger charge is -2.21. The van der Waals surface area contributed by atoms with E-state index in [1.54, 1.807) is 0 Å². The van der Waals surface area contributed by atoms with Crippen LogP contribution < -0.4 is 0 Å². The number of amidine groups is 1. The van der Waals surface area contributed by atoms with Crippen molar-refractivity contribution < 1.29 is 0 Å². The fourth-order valence-corrected chi connectivity index (χ4v) is 2.89. The highest BCUT2D eigenvalue weighted by atomic mass is 35.5. The van der Waals surface area contributed by atoms with Gasteiger partial charge in [-0.1, -0.05) is 59.6 Å². The summed E-state index contributed by atoms with van der Waals surface area (Å²) in [6, 6.07) is 15.8. The van der Waals surface area contributed by atoms with Gasteiger partial charge in [0.15, 0.2) is 0 Å². The molecule has 0 radical (unpaired) electrons. The van der Waals surface area contributed by atoms with Gasteiger partial charge in [0.25, 0.3) is 0 Å². The average molecular weight is 305 g/mol. The number of rotatable bonds is 3. The van der Waals surface area contributed by atoms with Crippen LogP contribution in [-0.2, 0) is 6.54 Å². The van der Waals surface area contributed by atoms with Crippen molar-refractivity contribution in [2.24, 2.45) is 4.99 Å². The van der Waals surface area contributed by atoms with Crippen LogP contribution in [0, 0.1) is 0 Å². The molecule has 0 atom stereocenters. The maximum absolute atomic E-state index is 6.25. The van der Waals surface area contributed by atoms with Gasteiger partial charge in [-0.2, -0.15) is 0 Å². The van der Waals surface area contributed by atoms with Crippen LogP contribution >= 0.6 is 23.2 Å². The molecule has 1 aliphatic rings. The van der Waals surface area contributed by atoms with Crippen LogP contribution in [0.5, 0.6) is 0 Å². The predicted octanol–water partition coefficient (Wildman–Crippen LogP) is 4.26. The first kappa shape index (κ1) is 13.5. The van der Waals surface area contributed by atoms with Crippen LogP contribution in [0.2, 0.25) is 10.0 Å². The molecule has 2 aromatic carbocycles. The third kappa shape index (κ3) is 2.67. The van der Waals surface area contributed by atoms with Crippen LogP contribution in [-0.4, -0.2) is 23.8 Å². The number of nitrogens with zero attached hydrogens (tertiary/aromatic N) is 2. The van der Waals surface area contributed by atoms with Gasteiger partial charge in [0, 0.05) is 34.3 Å². The minimum absolute atomic E-state index is 0.687. The second-order valence-corrected chi connectivity index (χ2v) is 5.51. The maximum atomic E-state index is 6.25. The Morgan fingerprint density at radius 3 is 2.35 bits per heavy atom. The summed E-state index contributed by atoms with van der Waals surface area (Å²) in [7, 11) is 0. The van der Waals surface area contributed by atoms with E-state index in [2.05, 4.69) is 22.0 Å². The van der Waals surface area contributed by atoms with Crippen molar-refractivity contribution in [2.75, 3.05) is 13.1 Å². The van der Waals surface area contributed by atoms with Gasteiger partial charge in [-0.3, -0.25) is 4.99 Å². The largest absolute Gasteiger partial charge is 0.350 e. The highest BCUT2D eigenvalue weighted by molar-refractivity contribution is 6.36. The monoisotopic (exact) mass is 304 g/mol. The van der Waals surface area contributed by atoms with Crippen LogP contribution in [0.4, 0.5) is 0 Å². The lowest BCUT2D eigenvalue weighted by atomic mass is 10.1. The van der Waals surface area contributed by atoms with E-state index in [-0.39, 0.29) is 0 Å². The van der Waals surface area contributed by atoms with E-state index in [0.29, 0.717) is 16.6 Å². The van der Waals surface area contributed by atoms with E-state index in [4.69, 9.17) is 23.2 Å². The topological polar surface area (TPSA) is 15.6 Å². The molecule has 3 rings (SSSR count). The normalized spacial score (nSPS) is 14.5. The summed E-state index contributed by atoms with van der Waals surface area (Å²) in [6.07, 6.45) is 0. The molecular formula is C16H14Cl2N2. The Balaban J connectivity index is 1.87. The summed E-state index contributed by atoms with van der Waals surface area (Å²) < 4.78 is 0. The molecule has 0 aliphatic carbocycles. The average Bonchev–Trinajstić information content (AvgIpc) is 2.92. The van der Waals surface area contributed by atoms with Gasteiger partial charge in [-0.25, -0.2) is 0 Å². The van der Waals surface area contributed by atoms with E-state index < -0.39 is 0 Å². The van der Waals surface area contributed by atoms with E-state index in [1.165, 1.54) is 0 Å². The third-order valence-corrected chi connectivity index (χ3v) is 4.08. The summed E-state index contributed by atoms with van der Waals surface area (Å²) in [5.74, 6) is 1.02. The Bertz CT molecular complexity index is 618. The summed E-state index contributed by atoms with van der Waals surface area (Å²) in [5.41, 5.74) is 2.09. The van der Waals surface area contributed by atoms with Crippen molar-refractivity contribution in [3.8, 4) is 0 Å². The molecule has 2 aromatic rings.